The van der Waals surface area contributed by atoms with E-state index in [-0.39, 0.29) is 6.04 Å². The number of halogens is 4. The van der Waals surface area contributed by atoms with Crippen LogP contribution in [-0.4, -0.2) is 46.0 Å². The molecule has 2 aliphatic rings. The maximum absolute atomic E-state index is 12.9. The number of nitrogens with zero attached hydrogens (tertiary/aromatic N) is 4. The van der Waals surface area contributed by atoms with Gasteiger partial charge in [-0.1, -0.05) is 11.6 Å². The molecule has 5 nitrogen and oxygen atoms in total. The average molecular weight is 401 g/mol. The van der Waals surface area contributed by atoms with E-state index in [9.17, 15) is 13.2 Å². The minimum atomic E-state index is -4.36. The first-order valence-corrected chi connectivity index (χ1v) is 9.34. The summed E-state index contributed by atoms with van der Waals surface area (Å²) in [4.78, 5) is 2.08. The van der Waals surface area contributed by atoms with Crippen LogP contribution >= 0.6 is 11.6 Å². The fourth-order valence-corrected chi connectivity index (χ4v) is 3.92. The Labute approximate surface area is 160 Å². The Morgan fingerprint density at radius 2 is 1.93 bits per heavy atom. The van der Waals surface area contributed by atoms with Crippen LogP contribution < -0.4 is 0 Å². The summed E-state index contributed by atoms with van der Waals surface area (Å²) in [6, 6.07) is 3.71. The fraction of sp³-hybridized carbons (Fsp3) is 0.556. The van der Waals surface area contributed by atoms with Gasteiger partial charge in [0.05, 0.1) is 11.6 Å². The average Bonchev–Trinajstić information content (AvgIpc) is 3.08. The monoisotopic (exact) mass is 400 g/mol. The molecule has 1 aromatic heterocycles. The molecule has 0 radical (unpaired) electrons. The van der Waals surface area contributed by atoms with E-state index in [1.54, 1.807) is 6.33 Å². The van der Waals surface area contributed by atoms with Crippen LogP contribution in [-0.2, 0) is 17.5 Å². The third kappa shape index (κ3) is 3.97. The van der Waals surface area contributed by atoms with Gasteiger partial charge in [0, 0.05) is 43.8 Å². The van der Waals surface area contributed by atoms with Crippen molar-refractivity contribution in [2.24, 2.45) is 0 Å². The van der Waals surface area contributed by atoms with Crippen molar-refractivity contribution in [1.82, 2.24) is 19.7 Å². The Kier molecular flexibility index (Phi) is 5.13. The van der Waals surface area contributed by atoms with Gasteiger partial charge in [0.1, 0.15) is 12.2 Å². The number of aromatic nitrogens is 3. The molecule has 0 aliphatic carbocycles. The van der Waals surface area contributed by atoms with Crippen LogP contribution in [0.1, 0.15) is 41.8 Å². The lowest BCUT2D eigenvalue weighted by atomic mass is 9.98. The molecule has 0 unspecified atom stereocenters. The van der Waals surface area contributed by atoms with E-state index in [4.69, 9.17) is 16.3 Å². The fourth-order valence-electron chi connectivity index (χ4n) is 3.74. The molecule has 1 aromatic carbocycles. The Balaban J connectivity index is 1.40. The summed E-state index contributed by atoms with van der Waals surface area (Å²) >= 11 is 6.10. The normalized spacial score (nSPS) is 20.0. The predicted octanol–water partition coefficient (Wildman–Crippen LogP) is 3.90. The van der Waals surface area contributed by atoms with E-state index in [0.29, 0.717) is 23.0 Å². The van der Waals surface area contributed by atoms with Crippen LogP contribution in [0.5, 0.6) is 0 Å². The van der Waals surface area contributed by atoms with Crippen LogP contribution in [0.2, 0.25) is 5.02 Å². The minimum Gasteiger partial charge on any atom is -0.381 e. The largest absolute Gasteiger partial charge is 0.416 e. The van der Waals surface area contributed by atoms with Crippen LogP contribution in [0.3, 0.4) is 0 Å². The molecule has 0 amide bonds. The highest BCUT2D eigenvalue weighted by Gasteiger charge is 2.34. The first-order valence-electron chi connectivity index (χ1n) is 8.97. The first-order chi connectivity index (χ1) is 12.9. The van der Waals surface area contributed by atoms with Gasteiger partial charge in [-0.05, 0) is 36.6 Å². The minimum absolute atomic E-state index is 0.238. The number of rotatable bonds is 4. The van der Waals surface area contributed by atoms with Gasteiger partial charge in [0.25, 0.3) is 0 Å². The number of hydrogen-bond acceptors (Lipinski definition) is 4. The van der Waals surface area contributed by atoms with Gasteiger partial charge in [-0.2, -0.15) is 13.2 Å². The number of ether oxygens (including phenoxy) is 1. The van der Waals surface area contributed by atoms with Crippen LogP contribution in [0, 0.1) is 0 Å². The first kappa shape index (κ1) is 18.7. The smallest absolute Gasteiger partial charge is 0.381 e. The lowest BCUT2D eigenvalue weighted by Crippen LogP contribution is -2.47. The Morgan fingerprint density at radius 3 is 2.63 bits per heavy atom. The number of likely N-dealkylation sites (tertiary alicyclic amines) is 1. The molecular weight excluding hydrogens is 381 g/mol. The Morgan fingerprint density at radius 1 is 1.19 bits per heavy atom. The molecule has 2 fully saturated rings. The van der Waals surface area contributed by atoms with E-state index >= 15 is 0 Å². The third-order valence-corrected chi connectivity index (χ3v) is 5.65. The quantitative estimate of drug-likeness (QED) is 0.780. The second-order valence-electron chi connectivity index (χ2n) is 7.13. The molecule has 4 rings (SSSR count). The van der Waals surface area contributed by atoms with E-state index in [1.165, 1.54) is 6.07 Å². The summed E-state index contributed by atoms with van der Waals surface area (Å²) in [5, 5.41) is 8.73. The van der Waals surface area contributed by atoms with Crippen molar-refractivity contribution in [2.75, 3.05) is 26.3 Å². The molecule has 3 heterocycles. The van der Waals surface area contributed by atoms with Gasteiger partial charge < -0.3 is 9.30 Å². The number of benzene rings is 1. The van der Waals surface area contributed by atoms with Crippen molar-refractivity contribution in [3.63, 3.8) is 0 Å². The number of hydrogen-bond donors (Lipinski definition) is 0. The molecule has 2 saturated heterocycles. The summed E-state index contributed by atoms with van der Waals surface area (Å²) in [6.07, 6.45) is -0.730. The maximum atomic E-state index is 12.9. The van der Waals surface area contributed by atoms with E-state index in [1.807, 2.05) is 0 Å². The van der Waals surface area contributed by atoms with Crippen molar-refractivity contribution >= 4 is 11.6 Å². The highest BCUT2D eigenvalue weighted by Crippen LogP contribution is 2.34. The summed E-state index contributed by atoms with van der Waals surface area (Å²) in [6.45, 7) is 3.35. The molecule has 0 bridgehead atoms. The van der Waals surface area contributed by atoms with Gasteiger partial charge >= 0.3 is 6.18 Å². The van der Waals surface area contributed by atoms with Gasteiger partial charge in [0.15, 0.2) is 0 Å². The standard InChI is InChI=1S/C18H20ClF3N4O/c19-16-2-1-14(18(20,21)22)7-13(16)8-25-9-15(10-25)26-11-23-24-17(26)12-3-5-27-6-4-12/h1-2,7,11-12,15H,3-6,8-10H2. The van der Waals surface area contributed by atoms with Crippen molar-refractivity contribution < 1.29 is 17.9 Å². The maximum Gasteiger partial charge on any atom is 0.416 e. The molecule has 27 heavy (non-hydrogen) atoms. The zero-order chi connectivity index (χ0) is 19.0. The molecule has 0 saturated carbocycles. The number of alkyl halides is 3. The highest BCUT2D eigenvalue weighted by molar-refractivity contribution is 6.31. The van der Waals surface area contributed by atoms with Crippen molar-refractivity contribution in [1.29, 1.82) is 0 Å². The zero-order valence-corrected chi connectivity index (χ0v) is 15.4. The van der Waals surface area contributed by atoms with Crippen molar-refractivity contribution in [2.45, 2.75) is 37.5 Å². The van der Waals surface area contributed by atoms with Crippen LogP contribution in [0.4, 0.5) is 13.2 Å². The molecule has 2 aliphatic heterocycles. The molecular formula is C18H20ClF3N4O. The Hall–Kier alpha value is -1.64. The molecule has 146 valence electrons. The molecule has 2 aromatic rings. The second kappa shape index (κ2) is 7.41. The highest BCUT2D eigenvalue weighted by atomic mass is 35.5. The molecule has 0 atom stereocenters. The zero-order valence-electron chi connectivity index (χ0n) is 14.6. The predicted molar refractivity (Wildman–Crippen MR) is 93.6 cm³/mol. The molecule has 0 N–H and O–H groups in total. The van der Waals surface area contributed by atoms with Gasteiger partial charge in [-0.25, -0.2) is 0 Å². The lowest BCUT2D eigenvalue weighted by molar-refractivity contribution is -0.137. The topological polar surface area (TPSA) is 43.2 Å². The Bertz CT molecular complexity index is 798. The van der Waals surface area contributed by atoms with Gasteiger partial charge in [0.2, 0.25) is 0 Å². The second-order valence-corrected chi connectivity index (χ2v) is 7.54. The van der Waals surface area contributed by atoms with Crippen LogP contribution in [0.15, 0.2) is 24.5 Å². The summed E-state index contributed by atoms with van der Waals surface area (Å²) in [7, 11) is 0. The van der Waals surface area contributed by atoms with E-state index in [2.05, 4.69) is 19.7 Å². The summed E-state index contributed by atoms with van der Waals surface area (Å²) in [5.74, 6) is 1.34. The van der Waals surface area contributed by atoms with Crippen molar-refractivity contribution in [3.8, 4) is 0 Å². The lowest BCUT2D eigenvalue weighted by Gasteiger charge is -2.41. The van der Waals surface area contributed by atoms with Gasteiger partial charge in [-0.15, -0.1) is 10.2 Å². The summed E-state index contributed by atoms with van der Waals surface area (Å²) < 4.78 is 46.3. The summed E-state index contributed by atoms with van der Waals surface area (Å²) in [5.41, 5.74) is -0.169. The molecule has 0 spiro atoms. The molecule has 9 heteroatoms. The van der Waals surface area contributed by atoms with Gasteiger partial charge in [-0.3, -0.25) is 4.90 Å². The van der Waals surface area contributed by atoms with Crippen molar-refractivity contribution in [3.05, 3.63) is 46.5 Å². The third-order valence-electron chi connectivity index (χ3n) is 5.29. The SMILES string of the molecule is FC(F)(F)c1ccc(Cl)c(CN2CC(n3cnnc3C3CCOCC3)C2)c1. The van der Waals surface area contributed by atoms with Crippen LogP contribution in [0.25, 0.3) is 0 Å². The van der Waals surface area contributed by atoms with E-state index in [0.717, 1.165) is 57.1 Å². The van der Waals surface area contributed by atoms with E-state index < -0.39 is 11.7 Å².